The van der Waals surface area contributed by atoms with Gasteiger partial charge in [-0.25, -0.2) is 0 Å². The van der Waals surface area contributed by atoms with Crippen molar-refractivity contribution in [2.45, 2.75) is 25.7 Å². The molecule has 0 aliphatic rings. The minimum atomic E-state index is 0.664. The second kappa shape index (κ2) is 7.15. The van der Waals surface area contributed by atoms with Gasteiger partial charge >= 0.3 is 0 Å². The van der Waals surface area contributed by atoms with Crippen LogP contribution in [0.5, 0.6) is 0 Å². The maximum absolute atomic E-state index is 4.25. The van der Waals surface area contributed by atoms with Crippen LogP contribution in [0.3, 0.4) is 0 Å². The fraction of sp³-hybridized carbons (Fsp3) is 0.636. The van der Waals surface area contributed by atoms with Crippen molar-refractivity contribution in [1.82, 2.24) is 25.3 Å². The second-order valence-electron chi connectivity index (χ2n) is 4.08. The molecule has 0 atom stereocenters. The Morgan fingerprint density at radius 1 is 1.22 bits per heavy atom. The minimum Gasteiger partial charge on any atom is -0.369 e. The van der Waals surface area contributed by atoms with Gasteiger partial charge in [-0.15, -0.1) is 14.8 Å². The summed E-state index contributed by atoms with van der Waals surface area (Å²) in [5.41, 5.74) is 0.664. The van der Waals surface area contributed by atoms with Gasteiger partial charge in [-0.2, -0.15) is 11.8 Å². The van der Waals surface area contributed by atoms with Gasteiger partial charge in [-0.3, -0.25) is 0 Å². The highest BCUT2D eigenvalue weighted by atomic mass is 32.2. The molecule has 1 N–H and O–H groups in total. The highest BCUT2D eigenvalue weighted by Crippen LogP contribution is 2.06. The van der Waals surface area contributed by atoms with E-state index in [0.717, 1.165) is 12.4 Å². The van der Waals surface area contributed by atoms with Gasteiger partial charge in [0, 0.05) is 6.54 Å². The summed E-state index contributed by atoms with van der Waals surface area (Å²) >= 11 is 1.92. The van der Waals surface area contributed by atoms with E-state index in [2.05, 4.69) is 32.2 Å². The number of tetrazole rings is 1. The van der Waals surface area contributed by atoms with Gasteiger partial charge in [0.05, 0.1) is 0 Å². The first-order valence-corrected chi connectivity index (χ1v) is 7.58. The number of nitrogens with one attached hydrogen (secondary N) is 1. The summed E-state index contributed by atoms with van der Waals surface area (Å²) in [6, 6.07) is 3.76. The number of unbranched alkanes of at least 4 members (excludes halogenated alkanes) is 3. The predicted octanol–water partition coefficient (Wildman–Crippen LogP) is 1.85. The quantitative estimate of drug-likeness (QED) is 0.735. The Balaban J connectivity index is 1.67. The molecule has 0 aliphatic carbocycles. The Morgan fingerprint density at radius 3 is 3.00 bits per heavy atom. The summed E-state index contributed by atoms with van der Waals surface area (Å²) in [7, 11) is 0. The van der Waals surface area contributed by atoms with E-state index < -0.39 is 0 Å². The molecule has 0 bridgehead atoms. The van der Waals surface area contributed by atoms with Crippen LogP contribution < -0.4 is 5.32 Å². The largest absolute Gasteiger partial charge is 0.369 e. The third-order valence-electron chi connectivity index (χ3n) is 2.65. The fourth-order valence-corrected chi connectivity index (χ4v) is 2.18. The zero-order valence-corrected chi connectivity index (χ0v) is 11.4. The van der Waals surface area contributed by atoms with Crippen LogP contribution in [-0.4, -0.2) is 43.8 Å². The Morgan fingerprint density at radius 2 is 2.11 bits per heavy atom. The molecule has 0 aromatic carbocycles. The molecule has 0 saturated heterocycles. The SMILES string of the molecule is CSCCCCCCNc1ccc2nnnn2n1. The Bertz CT molecular complexity index is 471. The van der Waals surface area contributed by atoms with E-state index in [0.29, 0.717) is 5.65 Å². The molecule has 0 fully saturated rings. The summed E-state index contributed by atoms with van der Waals surface area (Å²) < 4.78 is 1.43. The molecule has 2 aromatic rings. The number of fused-ring (bicyclic) bond motifs is 1. The Hall–Kier alpha value is -1.37. The third-order valence-corrected chi connectivity index (χ3v) is 3.35. The minimum absolute atomic E-state index is 0.664. The number of aromatic nitrogens is 5. The fourth-order valence-electron chi connectivity index (χ4n) is 1.69. The number of hydrogen-bond donors (Lipinski definition) is 1. The van der Waals surface area contributed by atoms with Crippen LogP contribution >= 0.6 is 11.8 Å². The second-order valence-corrected chi connectivity index (χ2v) is 5.06. The van der Waals surface area contributed by atoms with Gasteiger partial charge in [0.2, 0.25) is 0 Å². The molecular formula is C11H18N6S. The van der Waals surface area contributed by atoms with E-state index in [9.17, 15) is 0 Å². The first kappa shape index (κ1) is 13.1. The van der Waals surface area contributed by atoms with Crippen molar-refractivity contribution >= 4 is 23.2 Å². The van der Waals surface area contributed by atoms with Gasteiger partial charge in [-0.05, 0) is 47.4 Å². The molecule has 2 aromatic heterocycles. The zero-order valence-electron chi connectivity index (χ0n) is 10.5. The van der Waals surface area contributed by atoms with Crippen molar-refractivity contribution in [1.29, 1.82) is 0 Å². The van der Waals surface area contributed by atoms with Crippen LogP contribution in [0.15, 0.2) is 12.1 Å². The molecule has 6 nitrogen and oxygen atoms in total. The van der Waals surface area contributed by atoms with E-state index in [1.807, 2.05) is 23.9 Å². The summed E-state index contributed by atoms with van der Waals surface area (Å²) in [4.78, 5) is 0. The van der Waals surface area contributed by atoms with Crippen molar-refractivity contribution in [3.63, 3.8) is 0 Å². The number of rotatable bonds is 8. The standard InChI is InChI=1S/C11H18N6S/c1-18-9-5-3-2-4-8-12-10-6-7-11-13-15-16-17(11)14-10/h6-7H,2-5,8-9H2,1H3,(H,12,14). The van der Waals surface area contributed by atoms with Crippen LogP contribution in [0.2, 0.25) is 0 Å². The Kier molecular flexibility index (Phi) is 5.19. The lowest BCUT2D eigenvalue weighted by Gasteiger charge is -2.04. The summed E-state index contributed by atoms with van der Waals surface area (Å²) in [6.07, 6.45) is 7.21. The molecule has 2 rings (SSSR count). The predicted molar refractivity (Wildman–Crippen MR) is 73.9 cm³/mol. The molecule has 7 heteroatoms. The Labute approximate surface area is 111 Å². The number of nitrogens with zero attached hydrogens (tertiary/aromatic N) is 5. The van der Waals surface area contributed by atoms with E-state index in [4.69, 9.17) is 0 Å². The number of thioether (sulfide) groups is 1. The first-order chi connectivity index (χ1) is 8.90. The molecule has 0 amide bonds. The number of hydrogen-bond acceptors (Lipinski definition) is 6. The molecule has 0 radical (unpaired) electrons. The van der Waals surface area contributed by atoms with Crippen molar-refractivity contribution in [3.05, 3.63) is 12.1 Å². The van der Waals surface area contributed by atoms with Crippen molar-refractivity contribution in [2.75, 3.05) is 23.9 Å². The van der Waals surface area contributed by atoms with Gasteiger partial charge in [0.25, 0.3) is 0 Å². The van der Waals surface area contributed by atoms with Gasteiger partial charge in [0.1, 0.15) is 5.82 Å². The van der Waals surface area contributed by atoms with E-state index in [1.165, 1.54) is 36.1 Å². The maximum atomic E-state index is 4.25. The molecule has 98 valence electrons. The monoisotopic (exact) mass is 266 g/mol. The lowest BCUT2D eigenvalue weighted by Crippen LogP contribution is -2.06. The molecule has 0 spiro atoms. The van der Waals surface area contributed by atoms with Gasteiger partial charge in [-0.1, -0.05) is 12.8 Å². The summed E-state index contributed by atoms with van der Waals surface area (Å²) in [5, 5.41) is 18.7. The molecule has 0 unspecified atom stereocenters. The highest BCUT2D eigenvalue weighted by Gasteiger charge is 1.99. The van der Waals surface area contributed by atoms with Crippen LogP contribution in [0.25, 0.3) is 5.65 Å². The topological polar surface area (TPSA) is 68.0 Å². The highest BCUT2D eigenvalue weighted by molar-refractivity contribution is 7.98. The van der Waals surface area contributed by atoms with Crippen LogP contribution in [0.4, 0.5) is 5.82 Å². The van der Waals surface area contributed by atoms with E-state index in [-0.39, 0.29) is 0 Å². The molecule has 0 aliphatic heterocycles. The van der Waals surface area contributed by atoms with Crippen molar-refractivity contribution < 1.29 is 0 Å². The number of anilines is 1. The molecule has 18 heavy (non-hydrogen) atoms. The maximum Gasteiger partial charge on any atom is 0.200 e. The third kappa shape index (κ3) is 3.83. The molecule has 2 heterocycles. The summed E-state index contributed by atoms with van der Waals surface area (Å²) in [5.74, 6) is 2.09. The first-order valence-electron chi connectivity index (χ1n) is 6.18. The van der Waals surface area contributed by atoms with Crippen LogP contribution in [-0.2, 0) is 0 Å². The lowest BCUT2D eigenvalue weighted by atomic mass is 10.2. The average Bonchev–Trinajstić information content (AvgIpc) is 2.85. The van der Waals surface area contributed by atoms with Crippen LogP contribution in [0.1, 0.15) is 25.7 Å². The van der Waals surface area contributed by atoms with Crippen molar-refractivity contribution in [3.8, 4) is 0 Å². The zero-order chi connectivity index (χ0) is 12.6. The van der Waals surface area contributed by atoms with Gasteiger partial charge in [0.15, 0.2) is 5.65 Å². The molecular weight excluding hydrogens is 248 g/mol. The van der Waals surface area contributed by atoms with Crippen molar-refractivity contribution in [2.24, 2.45) is 0 Å². The average molecular weight is 266 g/mol. The van der Waals surface area contributed by atoms with E-state index in [1.54, 1.807) is 0 Å². The van der Waals surface area contributed by atoms with Gasteiger partial charge < -0.3 is 5.32 Å². The molecule has 0 saturated carbocycles. The van der Waals surface area contributed by atoms with Crippen LogP contribution in [0, 0.1) is 0 Å². The van der Waals surface area contributed by atoms with E-state index >= 15 is 0 Å². The lowest BCUT2D eigenvalue weighted by molar-refractivity contribution is 0.684. The normalized spacial score (nSPS) is 10.9. The smallest absolute Gasteiger partial charge is 0.200 e. The summed E-state index contributed by atoms with van der Waals surface area (Å²) in [6.45, 7) is 0.944.